The summed E-state index contributed by atoms with van der Waals surface area (Å²) in [5, 5.41) is 8.62. The highest BCUT2D eigenvalue weighted by Crippen LogP contribution is 2.06. The Kier molecular flexibility index (Phi) is 8.62. The molecule has 1 N–H and O–H groups in total. The van der Waals surface area contributed by atoms with E-state index in [0.29, 0.717) is 30.6 Å². The van der Waals surface area contributed by atoms with Gasteiger partial charge in [-0.1, -0.05) is 26.0 Å². The van der Waals surface area contributed by atoms with Crippen LogP contribution in [0.4, 0.5) is 0 Å². The molecule has 0 saturated carbocycles. The molecular weight excluding hydrogens is 232 g/mol. The number of hydrogen-bond donors (Lipinski definition) is 1. The van der Waals surface area contributed by atoms with Gasteiger partial charge in [-0.05, 0) is 32.6 Å². The van der Waals surface area contributed by atoms with Gasteiger partial charge in [-0.15, -0.1) is 0 Å². The molecule has 0 fully saturated rings. The molecule has 0 unspecified atom stereocenters. The first-order chi connectivity index (χ1) is 8.49. The number of esters is 1. The lowest BCUT2D eigenvalue weighted by Gasteiger charge is -2.05. The molecule has 102 valence electrons. The van der Waals surface area contributed by atoms with Crippen LogP contribution < -0.4 is 0 Å². The van der Waals surface area contributed by atoms with Crippen LogP contribution in [0.25, 0.3) is 0 Å². The minimum absolute atomic E-state index is 0.325. The summed E-state index contributed by atoms with van der Waals surface area (Å²) in [5.74, 6) is -1.22. The Morgan fingerprint density at radius 2 is 2.00 bits per heavy atom. The third-order valence-corrected chi connectivity index (χ3v) is 2.46. The Bertz CT molecular complexity index is 329. The summed E-state index contributed by atoms with van der Waals surface area (Å²) in [5.41, 5.74) is 0.863. The van der Waals surface area contributed by atoms with Gasteiger partial charge in [-0.3, -0.25) is 0 Å². The van der Waals surface area contributed by atoms with Crippen LogP contribution in [-0.2, 0) is 14.3 Å². The van der Waals surface area contributed by atoms with E-state index in [-0.39, 0.29) is 5.97 Å². The summed E-state index contributed by atoms with van der Waals surface area (Å²) in [4.78, 5) is 21.8. The largest absolute Gasteiger partial charge is 0.478 e. The zero-order valence-electron chi connectivity index (χ0n) is 11.2. The fraction of sp³-hybridized carbons (Fsp3) is 0.571. The summed E-state index contributed by atoms with van der Waals surface area (Å²) in [7, 11) is 0. The third-order valence-electron chi connectivity index (χ3n) is 2.46. The monoisotopic (exact) mass is 254 g/mol. The van der Waals surface area contributed by atoms with Crippen molar-refractivity contribution in [1.82, 2.24) is 0 Å². The Hall–Kier alpha value is -1.58. The molecule has 0 aliphatic heterocycles. The van der Waals surface area contributed by atoms with Gasteiger partial charge in [-0.25, -0.2) is 9.59 Å². The highest BCUT2D eigenvalue weighted by atomic mass is 16.5. The number of carbonyl (C=O) groups excluding carboxylic acids is 1. The smallest absolute Gasteiger partial charge is 0.333 e. The van der Waals surface area contributed by atoms with Crippen LogP contribution in [-0.4, -0.2) is 23.7 Å². The number of ether oxygens (including phenoxy) is 1. The third kappa shape index (κ3) is 7.65. The van der Waals surface area contributed by atoms with Crippen LogP contribution in [0.1, 0.15) is 46.0 Å². The number of aliphatic carboxylic acids is 1. The normalized spacial score (nSPS) is 11.1. The van der Waals surface area contributed by atoms with Crippen LogP contribution in [0.15, 0.2) is 23.8 Å². The van der Waals surface area contributed by atoms with E-state index in [1.807, 2.05) is 6.92 Å². The van der Waals surface area contributed by atoms with Crippen molar-refractivity contribution in [1.29, 1.82) is 0 Å². The van der Waals surface area contributed by atoms with E-state index >= 15 is 0 Å². The van der Waals surface area contributed by atoms with E-state index in [0.717, 1.165) is 19.3 Å². The second-order valence-electron chi connectivity index (χ2n) is 4.18. The molecule has 0 saturated heterocycles. The van der Waals surface area contributed by atoms with Crippen molar-refractivity contribution >= 4 is 11.9 Å². The molecule has 4 nitrogen and oxygen atoms in total. The van der Waals surface area contributed by atoms with E-state index in [9.17, 15) is 9.59 Å². The van der Waals surface area contributed by atoms with Crippen molar-refractivity contribution in [3.63, 3.8) is 0 Å². The predicted octanol–water partition coefficient (Wildman–Crippen LogP) is 3.09. The van der Waals surface area contributed by atoms with E-state index in [1.165, 1.54) is 0 Å². The number of unbranched alkanes of at least 4 members (excludes halogenated alkanes) is 2. The van der Waals surface area contributed by atoms with Gasteiger partial charge >= 0.3 is 11.9 Å². The van der Waals surface area contributed by atoms with Crippen LogP contribution in [0.2, 0.25) is 0 Å². The lowest BCUT2D eigenvalue weighted by molar-refractivity contribution is -0.139. The number of rotatable bonds is 9. The van der Waals surface area contributed by atoms with Gasteiger partial charge < -0.3 is 9.84 Å². The summed E-state index contributed by atoms with van der Waals surface area (Å²) in [6.07, 6.45) is 5.45. The van der Waals surface area contributed by atoms with Gasteiger partial charge in [0.2, 0.25) is 0 Å². The fourth-order valence-corrected chi connectivity index (χ4v) is 1.32. The Balaban J connectivity index is 3.63. The first-order valence-electron chi connectivity index (χ1n) is 6.24. The van der Waals surface area contributed by atoms with Crippen LogP contribution in [0.5, 0.6) is 0 Å². The number of carboxylic acids is 1. The molecule has 0 aromatic rings. The second-order valence-corrected chi connectivity index (χ2v) is 4.18. The zero-order valence-corrected chi connectivity index (χ0v) is 11.2. The van der Waals surface area contributed by atoms with Gasteiger partial charge in [0, 0.05) is 11.1 Å². The predicted molar refractivity (Wildman–Crippen MR) is 70.3 cm³/mol. The quantitative estimate of drug-likeness (QED) is 0.390. The minimum Gasteiger partial charge on any atom is -0.478 e. The van der Waals surface area contributed by atoms with Gasteiger partial charge in [0.1, 0.15) is 0 Å². The fourth-order valence-electron chi connectivity index (χ4n) is 1.32. The molecule has 0 aliphatic rings. The number of carbonyl (C=O) groups is 2. The van der Waals surface area contributed by atoms with Crippen molar-refractivity contribution in [3.8, 4) is 0 Å². The Morgan fingerprint density at radius 1 is 1.33 bits per heavy atom. The molecule has 0 spiro atoms. The van der Waals surface area contributed by atoms with Gasteiger partial charge in [-0.2, -0.15) is 0 Å². The highest BCUT2D eigenvalue weighted by Gasteiger charge is 2.06. The molecule has 4 heteroatoms. The highest BCUT2D eigenvalue weighted by molar-refractivity contribution is 5.87. The molecule has 18 heavy (non-hydrogen) atoms. The maximum atomic E-state index is 11.4. The molecule has 0 aliphatic carbocycles. The Morgan fingerprint density at radius 3 is 2.56 bits per heavy atom. The average Bonchev–Trinajstić information content (AvgIpc) is 2.32. The number of carboxylic acid groups (broad SMARTS) is 1. The lowest BCUT2D eigenvalue weighted by atomic mass is 10.2. The van der Waals surface area contributed by atoms with Crippen LogP contribution in [0.3, 0.4) is 0 Å². The zero-order chi connectivity index (χ0) is 14.0. The molecule has 0 heterocycles. The van der Waals surface area contributed by atoms with Gasteiger partial charge in [0.25, 0.3) is 0 Å². The van der Waals surface area contributed by atoms with Crippen molar-refractivity contribution in [2.75, 3.05) is 6.61 Å². The molecular formula is C14H22O4. The second kappa shape index (κ2) is 9.45. The van der Waals surface area contributed by atoms with Gasteiger partial charge in [0.15, 0.2) is 0 Å². The van der Waals surface area contributed by atoms with Gasteiger partial charge in [0.05, 0.1) is 6.61 Å². The summed E-state index contributed by atoms with van der Waals surface area (Å²) in [6, 6.07) is 0. The summed E-state index contributed by atoms with van der Waals surface area (Å²) in [6.45, 7) is 7.56. The van der Waals surface area contributed by atoms with Crippen molar-refractivity contribution < 1.29 is 19.4 Å². The van der Waals surface area contributed by atoms with E-state index in [2.05, 4.69) is 6.58 Å². The molecule has 0 amide bonds. The van der Waals surface area contributed by atoms with Crippen LogP contribution >= 0.6 is 0 Å². The van der Waals surface area contributed by atoms with Crippen molar-refractivity contribution in [3.05, 3.63) is 23.8 Å². The molecule has 0 radical (unpaired) electrons. The molecule has 0 aromatic heterocycles. The minimum atomic E-state index is -0.891. The van der Waals surface area contributed by atoms with Crippen molar-refractivity contribution in [2.45, 2.75) is 46.0 Å². The first-order valence-corrected chi connectivity index (χ1v) is 6.24. The van der Waals surface area contributed by atoms with E-state index in [1.54, 1.807) is 13.0 Å². The van der Waals surface area contributed by atoms with Crippen molar-refractivity contribution in [2.24, 2.45) is 0 Å². The van der Waals surface area contributed by atoms with E-state index < -0.39 is 5.97 Å². The Labute approximate surface area is 108 Å². The molecule has 0 bridgehead atoms. The SMILES string of the molecule is C=C(CCC)C(=O)OCCCCC=C(C)C(=O)O. The molecule has 0 rings (SSSR count). The number of hydrogen-bond acceptors (Lipinski definition) is 3. The molecule has 0 atom stereocenters. The topological polar surface area (TPSA) is 63.6 Å². The lowest BCUT2D eigenvalue weighted by Crippen LogP contribution is -2.08. The summed E-state index contributed by atoms with van der Waals surface area (Å²) >= 11 is 0. The average molecular weight is 254 g/mol. The standard InChI is InChI=1S/C14H22O4/c1-4-8-12(3)14(17)18-10-7-5-6-9-11(2)13(15)16/h9H,3-8,10H2,1-2H3,(H,15,16). The summed E-state index contributed by atoms with van der Waals surface area (Å²) < 4.78 is 5.04. The maximum Gasteiger partial charge on any atom is 0.333 e. The van der Waals surface area contributed by atoms with E-state index in [4.69, 9.17) is 9.84 Å². The van der Waals surface area contributed by atoms with Crippen LogP contribution in [0, 0.1) is 0 Å². The maximum absolute atomic E-state index is 11.4. The number of allylic oxidation sites excluding steroid dienone is 1. The molecule has 0 aromatic carbocycles. The first kappa shape index (κ1) is 16.4.